The van der Waals surface area contributed by atoms with Crippen LogP contribution in [0.5, 0.6) is 0 Å². The van der Waals surface area contributed by atoms with Gasteiger partial charge in [0.2, 0.25) is 0 Å². The molecule has 2 rings (SSSR count). The highest BCUT2D eigenvalue weighted by atomic mass is 19.1. The van der Waals surface area contributed by atoms with Crippen LogP contribution in [0.1, 0.15) is 22.8 Å². The van der Waals surface area contributed by atoms with E-state index in [1.54, 1.807) is 0 Å². The molecule has 0 unspecified atom stereocenters. The zero-order chi connectivity index (χ0) is 17.9. The van der Waals surface area contributed by atoms with E-state index in [4.69, 9.17) is 4.74 Å². The normalized spacial score (nSPS) is 11.7. The first-order valence-electron chi connectivity index (χ1n) is 7.01. The Hall–Kier alpha value is -2.83. The van der Waals surface area contributed by atoms with E-state index < -0.39 is 35.4 Å². The monoisotopic (exact) mass is 337 g/mol. The van der Waals surface area contributed by atoms with E-state index in [-0.39, 0.29) is 11.3 Å². The Balaban J connectivity index is 2.04. The quantitative estimate of drug-likeness (QED) is 0.868. The van der Waals surface area contributed by atoms with Crippen LogP contribution >= 0.6 is 0 Å². The summed E-state index contributed by atoms with van der Waals surface area (Å²) in [5.74, 6) is -3.89. The SMILES string of the molecule is Cc1ccc(C(=O)O[C@H](C)C(=O)Nc2cc(F)ccc2F)cc1F. The van der Waals surface area contributed by atoms with Crippen molar-refractivity contribution in [1.29, 1.82) is 0 Å². The van der Waals surface area contributed by atoms with Crippen LogP contribution in [0, 0.1) is 24.4 Å². The number of carbonyl (C=O) groups excluding carboxylic acids is 2. The number of carbonyl (C=O) groups is 2. The summed E-state index contributed by atoms with van der Waals surface area (Å²) in [7, 11) is 0. The topological polar surface area (TPSA) is 55.4 Å². The van der Waals surface area contributed by atoms with Crippen LogP contribution in [0.15, 0.2) is 36.4 Å². The van der Waals surface area contributed by atoms with E-state index in [0.717, 1.165) is 24.3 Å². The van der Waals surface area contributed by atoms with Crippen molar-refractivity contribution in [3.63, 3.8) is 0 Å². The minimum Gasteiger partial charge on any atom is -0.449 e. The van der Waals surface area contributed by atoms with Crippen molar-refractivity contribution in [1.82, 2.24) is 0 Å². The molecule has 0 radical (unpaired) electrons. The smallest absolute Gasteiger partial charge is 0.339 e. The van der Waals surface area contributed by atoms with Gasteiger partial charge in [0.15, 0.2) is 6.10 Å². The standard InChI is InChI=1S/C17H14F3NO3/c1-9-3-4-11(7-14(9)20)17(23)24-10(2)16(22)21-15-8-12(18)5-6-13(15)19/h3-8,10H,1-2H3,(H,21,22)/t10-/m1/s1. The lowest BCUT2D eigenvalue weighted by Gasteiger charge is -2.14. The van der Waals surface area contributed by atoms with Crippen LogP contribution in [-0.4, -0.2) is 18.0 Å². The van der Waals surface area contributed by atoms with Gasteiger partial charge in [-0.3, -0.25) is 4.79 Å². The summed E-state index contributed by atoms with van der Waals surface area (Å²) in [5.41, 5.74) is -0.0714. The van der Waals surface area contributed by atoms with Crippen molar-refractivity contribution in [3.05, 3.63) is 65.0 Å². The molecule has 24 heavy (non-hydrogen) atoms. The predicted octanol–water partition coefficient (Wildman–Crippen LogP) is 3.60. The van der Waals surface area contributed by atoms with Gasteiger partial charge >= 0.3 is 5.97 Å². The third-order valence-electron chi connectivity index (χ3n) is 3.25. The van der Waals surface area contributed by atoms with Crippen LogP contribution < -0.4 is 5.32 Å². The van der Waals surface area contributed by atoms with Gasteiger partial charge in [-0.15, -0.1) is 0 Å². The van der Waals surface area contributed by atoms with Crippen LogP contribution in [0.4, 0.5) is 18.9 Å². The number of nitrogens with one attached hydrogen (secondary N) is 1. The molecule has 0 aliphatic carbocycles. The number of esters is 1. The Morgan fingerprint density at radius 3 is 2.42 bits per heavy atom. The summed E-state index contributed by atoms with van der Waals surface area (Å²) >= 11 is 0. The van der Waals surface area contributed by atoms with Crippen LogP contribution in [0.2, 0.25) is 0 Å². The third-order valence-corrected chi connectivity index (χ3v) is 3.25. The molecular weight excluding hydrogens is 323 g/mol. The molecule has 7 heteroatoms. The number of hydrogen-bond donors (Lipinski definition) is 1. The number of benzene rings is 2. The molecule has 0 bridgehead atoms. The molecule has 0 spiro atoms. The van der Waals surface area contributed by atoms with E-state index in [0.29, 0.717) is 5.56 Å². The molecule has 1 amide bonds. The van der Waals surface area contributed by atoms with E-state index in [9.17, 15) is 22.8 Å². The molecule has 0 heterocycles. The second-order valence-electron chi connectivity index (χ2n) is 5.12. The van der Waals surface area contributed by atoms with E-state index in [2.05, 4.69) is 5.32 Å². The van der Waals surface area contributed by atoms with Crippen LogP contribution in [-0.2, 0) is 9.53 Å². The van der Waals surface area contributed by atoms with Gasteiger partial charge in [-0.25, -0.2) is 18.0 Å². The number of amides is 1. The Bertz CT molecular complexity index is 793. The van der Waals surface area contributed by atoms with E-state index in [1.807, 2.05) is 0 Å². The van der Waals surface area contributed by atoms with Gasteiger partial charge in [-0.2, -0.15) is 0 Å². The highest BCUT2D eigenvalue weighted by Crippen LogP contribution is 2.16. The van der Waals surface area contributed by atoms with Gasteiger partial charge in [-0.05, 0) is 43.7 Å². The van der Waals surface area contributed by atoms with Crippen molar-refractivity contribution in [2.75, 3.05) is 5.32 Å². The molecule has 1 atom stereocenters. The molecule has 1 N–H and O–H groups in total. The fourth-order valence-corrected chi connectivity index (χ4v) is 1.83. The molecular formula is C17H14F3NO3. The highest BCUT2D eigenvalue weighted by molar-refractivity contribution is 5.97. The Morgan fingerprint density at radius 2 is 1.75 bits per heavy atom. The summed E-state index contributed by atoms with van der Waals surface area (Å²) < 4.78 is 44.9. The third kappa shape index (κ3) is 4.13. The Labute approximate surface area is 136 Å². The van der Waals surface area contributed by atoms with Gasteiger partial charge in [0.1, 0.15) is 17.5 Å². The average Bonchev–Trinajstić information content (AvgIpc) is 2.53. The van der Waals surface area contributed by atoms with Gasteiger partial charge in [0.05, 0.1) is 11.3 Å². The number of ether oxygens (including phenoxy) is 1. The minimum absolute atomic E-state index is 0.0605. The maximum Gasteiger partial charge on any atom is 0.339 e. The van der Waals surface area contributed by atoms with Crippen molar-refractivity contribution in [2.45, 2.75) is 20.0 Å². The van der Waals surface area contributed by atoms with E-state index in [1.165, 1.54) is 26.0 Å². The molecule has 4 nitrogen and oxygen atoms in total. The molecule has 0 aliphatic heterocycles. The predicted molar refractivity (Wildman–Crippen MR) is 81.0 cm³/mol. The fraction of sp³-hybridized carbons (Fsp3) is 0.176. The lowest BCUT2D eigenvalue weighted by molar-refractivity contribution is -0.123. The first-order chi connectivity index (χ1) is 11.3. The first-order valence-corrected chi connectivity index (χ1v) is 7.01. The Morgan fingerprint density at radius 1 is 1.04 bits per heavy atom. The molecule has 0 aromatic heterocycles. The molecule has 126 valence electrons. The number of halogens is 3. The summed E-state index contributed by atoms with van der Waals surface area (Å²) in [6.07, 6.45) is -1.29. The Kier molecular flexibility index (Phi) is 5.23. The van der Waals surface area contributed by atoms with Crippen LogP contribution in [0.3, 0.4) is 0 Å². The summed E-state index contributed by atoms with van der Waals surface area (Å²) in [6.45, 7) is 2.79. The minimum atomic E-state index is -1.29. The molecule has 2 aromatic rings. The molecule has 0 fully saturated rings. The van der Waals surface area contributed by atoms with Crippen molar-refractivity contribution in [2.24, 2.45) is 0 Å². The average molecular weight is 337 g/mol. The van der Waals surface area contributed by atoms with Gasteiger partial charge in [-0.1, -0.05) is 6.07 Å². The maximum atomic E-state index is 13.5. The zero-order valence-corrected chi connectivity index (χ0v) is 12.9. The number of aryl methyl sites for hydroxylation is 1. The lowest BCUT2D eigenvalue weighted by Crippen LogP contribution is -2.30. The van der Waals surface area contributed by atoms with Crippen molar-refractivity contribution >= 4 is 17.6 Å². The summed E-state index contributed by atoms with van der Waals surface area (Å²) in [6, 6.07) is 6.32. The molecule has 0 saturated heterocycles. The number of hydrogen-bond acceptors (Lipinski definition) is 3. The molecule has 2 aromatic carbocycles. The van der Waals surface area contributed by atoms with E-state index >= 15 is 0 Å². The lowest BCUT2D eigenvalue weighted by atomic mass is 10.1. The summed E-state index contributed by atoms with van der Waals surface area (Å²) in [4.78, 5) is 23.8. The maximum absolute atomic E-state index is 13.5. The fourth-order valence-electron chi connectivity index (χ4n) is 1.83. The first kappa shape index (κ1) is 17.5. The number of anilines is 1. The number of rotatable bonds is 4. The van der Waals surface area contributed by atoms with Crippen LogP contribution in [0.25, 0.3) is 0 Å². The van der Waals surface area contributed by atoms with Gasteiger partial charge in [0.25, 0.3) is 5.91 Å². The highest BCUT2D eigenvalue weighted by Gasteiger charge is 2.20. The molecule has 0 aliphatic rings. The van der Waals surface area contributed by atoms with Gasteiger partial charge in [0, 0.05) is 6.07 Å². The summed E-state index contributed by atoms with van der Waals surface area (Å²) in [5, 5.41) is 2.12. The largest absolute Gasteiger partial charge is 0.449 e. The molecule has 0 saturated carbocycles. The zero-order valence-electron chi connectivity index (χ0n) is 12.9. The second-order valence-corrected chi connectivity index (χ2v) is 5.12. The second kappa shape index (κ2) is 7.16. The van der Waals surface area contributed by atoms with Crippen molar-refractivity contribution < 1.29 is 27.5 Å². The van der Waals surface area contributed by atoms with Gasteiger partial charge < -0.3 is 10.1 Å². The van der Waals surface area contributed by atoms with Crippen molar-refractivity contribution in [3.8, 4) is 0 Å².